The minimum atomic E-state index is 0.0322. The van der Waals surface area contributed by atoms with Gasteiger partial charge in [0.1, 0.15) is 0 Å². The minimum absolute atomic E-state index is 0.0322. The third kappa shape index (κ3) is 2.08. The first-order valence-electron chi connectivity index (χ1n) is 6.77. The number of benzene rings is 2. The second-order valence-electron chi connectivity index (χ2n) is 6.06. The molecule has 0 atom stereocenters. The smallest absolute Gasteiger partial charge is 0.182 e. The van der Waals surface area contributed by atoms with E-state index in [1.807, 2.05) is 6.20 Å². The lowest BCUT2D eigenvalue weighted by atomic mass is 9.92. The van der Waals surface area contributed by atoms with E-state index in [1.54, 1.807) is 0 Å². The molecule has 1 aromatic heterocycles. The van der Waals surface area contributed by atoms with Gasteiger partial charge in [-0.25, -0.2) is 0 Å². The quantitative estimate of drug-likeness (QED) is 0.624. The lowest BCUT2D eigenvalue weighted by Gasteiger charge is -2.21. The van der Waals surface area contributed by atoms with Crippen molar-refractivity contribution in [3.05, 3.63) is 59.1 Å². The summed E-state index contributed by atoms with van der Waals surface area (Å²) in [6.07, 6.45) is 2.02. The van der Waals surface area contributed by atoms with Crippen molar-refractivity contribution in [2.24, 2.45) is 0 Å². The summed E-state index contributed by atoms with van der Waals surface area (Å²) in [7, 11) is 0. The molecule has 20 heavy (non-hydrogen) atoms. The fourth-order valence-corrected chi connectivity index (χ4v) is 2.82. The lowest BCUT2D eigenvalue weighted by Crippen LogP contribution is -2.16. The third-order valence-corrected chi connectivity index (χ3v) is 3.85. The van der Waals surface area contributed by atoms with Gasteiger partial charge in [0.2, 0.25) is 0 Å². The number of nitrogens with one attached hydrogen (secondary N) is 1. The molecule has 3 aromatic rings. The summed E-state index contributed by atoms with van der Waals surface area (Å²) < 4.78 is 2.89. The number of imidazole rings is 1. The van der Waals surface area contributed by atoms with E-state index in [1.165, 1.54) is 16.5 Å². The zero-order valence-electron chi connectivity index (χ0n) is 12.0. The van der Waals surface area contributed by atoms with Crippen LogP contribution < -0.4 is 0 Å². The van der Waals surface area contributed by atoms with Crippen molar-refractivity contribution in [1.82, 2.24) is 9.55 Å². The van der Waals surface area contributed by atoms with E-state index < -0.39 is 0 Å². The van der Waals surface area contributed by atoms with Crippen LogP contribution in [-0.4, -0.2) is 9.55 Å². The first-order chi connectivity index (χ1) is 9.48. The summed E-state index contributed by atoms with van der Waals surface area (Å²) in [6, 6.07) is 14.7. The molecule has 1 heterocycles. The molecule has 3 rings (SSSR count). The Bertz CT molecular complexity index is 813. The van der Waals surface area contributed by atoms with Gasteiger partial charge in [-0.2, -0.15) is 0 Å². The zero-order valence-corrected chi connectivity index (χ0v) is 12.8. The standard InChI is InChI=1S/C17H18N2S/c1-17(2,3)15-11-18-16(20)19(15)14-10-6-8-12-7-4-5-9-13(12)14/h4-11H,1-3H3,(H,18,20). The number of hydrogen-bond acceptors (Lipinski definition) is 1. The monoisotopic (exact) mass is 282 g/mol. The Morgan fingerprint density at radius 2 is 1.70 bits per heavy atom. The molecule has 0 aliphatic heterocycles. The largest absolute Gasteiger partial charge is 0.337 e. The molecule has 0 radical (unpaired) electrons. The molecule has 2 nitrogen and oxygen atoms in total. The highest BCUT2D eigenvalue weighted by molar-refractivity contribution is 7.71. The molecule has 0 amide bonds. The van der Waals surface area contributed by atoms with Crippen LogP contribution in [0.2, 0.25) is 0 Å². The molecule has 0 saturated heterocycles. The Morgan fingerprint density at radius 3 is 2.45 bits per heavy atom. The van der Waals surface area contributed by atoms with E-state index >= 15 is 0 Å². The van der Waals surface area contributed by atoms with Gasteiger partial charge in [0.05, 0.1) is 5.69 Å². The Balaban J connectivity index is 2.38. The van der Waals surface area contributed by atoms with Crippen molar-refractivity contribution >= 4 is 23.0 Å². The molecule has 0 aliphatic rings. The average Bonchev–Trinajstić information content (AvgIpc) is 2.80. The van der Waals surface area contributed by atoms with Crippen LogP contribution in [0.25, 0.3) is 16.5 Å². The van der Waals surface area contributed by atoms with Crippen LogP contribution in [0, 0.1) is 4.77 Å². The van der Waals surface area contributed by atoms with Gasteiger partial charge in [-0.15, -0.1) is 0 Å². The molecule has 0 bridgehead atoms. The number of H-pyrrole nitrogens is 1. The molecule has 1 N–H and O–H groups in total. The van der Waals surface area contributed by atoms with Crippen LogP contribution in [0.15, 0.2) is 48.7 Å². The van der Waals surface area contributed by atoms with E-state index in [4.69, 9.17) is 12.2 Å². The van der Waals surface area contributed by atoms with Crippen molar-refractivity contribution in [1.29, 1.82) is 0 Å². The topological polar surface area (TPSA) is 20.7 Å². The van der Waals surface area contributed by atoms with Gasteiger partial charge >= 0.3 is 0 Å². The SMILES string of the molecule is CC(C)(C)c1c[nH]c(=S)n1-c1cccc2ccccc12. The summed E-state index contributed by atoms with van der Waals surface area (Å²) >= 11 is 5.49. The van der Waals surface area contributed by atoms with Gasteiger partial charge in [0.25, 0.3) is 0 Å². The highest BCUT2D eigenvalue weighted by atomic mass is 32.1. The summed E-state index contributed by atoms with van der Waals surface area (Å²) in [5.41, 5.74) is 2.36. The third-order valence-electron chi connectivity index (χ3n) is 3.55. The maximum absolute atomic E-state index is 5.49. The lowest BCUT2D eigenvalue weighted by molar-refractivity contribution is 0.556. The minimum Gasteiger partial charge on any atom is -0.337 e. The molecule has 0 unspecified atom stereocenters. The second-order valence-corrected chi connectivity index (χ2v) is 6.45. The van der Waals surface area contributed by atoms with Gasteiger partial charge in [-0.05, 0) is 23.7 Å². The van der Waals surface area contributed by atoms with Crippen molar-refractivity contribution in [2.45, 2.75) is 26.2 Å². The van der Waals surface area contributed by atoms with Crippen LogP contribution in [0.3, 0.4) is 0 Å². The van der Waals surface area contributed by atoms with E-state index in [0.717, 1.165) is 10.5 Å². The average molecular weight is 282 g/mol. The van der Waals surface area contributed by atoms with Crippen molar-refractivity contribution in [3.8, 4) is 5.69 Å². The second kappa shape index (κ2) is 4.60. The molecule has 102 valence electrons. The molecule has 0 saturated carbocycles. The van der Waals surface area contributed by atoms with Crippen LogP contribution in [-0.2, 0) is 5.41 Å². The van der Waals surface area contributed by atoms with Crippen LogP contribution in [0.4, 0.5) is 0 Å². The number of rotatable bonds is 1. The summed E-state index contributed by atoms with van der Waals surface area (Å²) in [6.45, 7) is 6.60. The van der Waals surface area contributed by atoms with Gasteiger partial charge < -0.3 is 4.98 Å². The highest BCUT2D eigenvalue weighted by Crippen LogP contribution is 2.29. The summed E-state index contributed by atoms with van der Waals surface area (Å²) in [5.74, 6) is 0. The summed E-state index contributed by atoms with van der Waals surface area (Å²) in [5, 5.41) is 2.45. The van der Waals surface area contributed by atoms with E-state index in [2.05, 4.69) is 72.8 Å². The van der Waals surface area contributed by atoms with Crippen molar-refractivity contribution < 1.29 is 0 Å². The Labute approximate surface area is 124 Å². The first kappa shape index (κ1) is 13.1. The number of aromatic amines is 1. The number of nitrogens with zero attached hydrogens (tertiary/aromatic N) is 1. The molecular weight excluding hydrogens is 264 g/mol. The molecule has 0 spiro atoms. The number of aromatic nitrogens is 2. The van der Waals surface area contributed by atoms with E-state index in [-0.39, 0.29) is 5.41 Å². The van der Waals surface area contributed by atoms with Crippen LogP contribution >= 0.6 is 12.2 Å². The molecule has 3 heteroatoms. The predicted molar refractivity (Wildman–Crippen MR) is 87.2 cm³/mol. The fourth-order valence-electron chi connectivity index (χ4n) is 2.56. The molecule has 0 aliphatic carbocycles. The maximum Gasteiger partial charge on any atom is 0.182 e. The van der Waals surface area contributed by atoms with Gasteiger partial charge in [-0.3, -0.25) is 4.57 Å². The fraction of sp³-hybridized carbons (Fsp3) is 0.235. The molecule has 2 aromatic carbocycles. The number of hydrogen-bond donors (Lipinski definition) is 1. The number of fused-ring (bicyclic) bond motifs is 1. The van der Waals surface area contributed by atoms with Gasteiger partial charge in [0, 0.05) is 22.7 Å². The normalized spacial score (nSPS) is 11.9. The van der Waals surface area contributed by atoms with E-state index in [0.29, 0.717) is 0 Å². The Hall–Kier alpha value is -1.87. The maximum atomic E-state index is 5.49. The zero-order chi connectivity index (χ0) is 14.3. The van der Waals surface area contributed by atoms with Gasteiger partial charge in [0.15, 0.2) is 4.77 Å². The van der Waals surface area contributed by atoms with Crippen molar-refractivity contribution in [2.75, 3.05) is 0 Å². The Morgan fingerprint density at radius 1 is 1.00 bits per heavy atom. The van der Waals surface area contributed by atoms with E-state index in [9.17, 15) is 0 Å². The first-order valence-corrected chi connectivity index (χ1v) is 7.18. The van der Waals surface area contributed by atoms with Crippen LogP contribution in [0.5, 0.6) is 0 Å². The molecule has 0 fully saturated rings. The Kier molecular flexibility index (Phi) is 3.02. The predicted octanol–water partition coefficient (Wildman–Crippen LogP) is 4.99. The van der Waals surface area contributed by atoms with Crippen molar-refractivity contribution in [3.63, 3.8) is 0 Å². The van der Waals surface area contributed by atoms with Crippen LogP contribution in [0.1, 0.15) is 26.5 Å². The summed E-state index contributed by atoms with van der Waals surface area (Å²) in [4.78, 5) is 3.18. The molecular formula is C17H18N2S. The van der Waals surface area contributed by atoms with Gasteiger partial charge in [-0.1, -0.05) is 57.2 Å². The highest BCUT2D eigenvalue weighted by Gasteiger charge is 2.20.